The normalized spacial score (nSPS) is 44.4. The van der Waals surface area contributed by atoms with Gasteiger partial charge in [0.2, 0.25) is 5.91 Å². The van der Waals surface area contributed by atoms with Gasteiger partial charge in [0.15, 0.2) is 0 Å². The summed E-state index contributed by atoms with van der Waals surface area (Å²) in [6.07, 6.45) is 8.78. The number of carbonyl (C=O) groups excluding carboxylic acids is 1. The molecule has 0 aromatic carbocycles. The fraction of sp³-hybridized carbons (Fsp3) is 0.933. The van der Waals surface area contributed by atoms with Crippen LogP contribution in [0.25, 0.3) is 0 Å². The lowest BCUT2D eigenvalue weighted by molar-refractivity contribution is -0.148. The number of amides is 1. The van der Waals surface area contributed by atoms with Gasteiger partial charge in [0.25, 0.3) is 0 Å². The minimum Gasteiger partial charge on any atom is -0.339 e. The first-order chi connectivity index (χ1) is 8.83. The molecule has 1 amide bonds. The van der Waals surface area contributed by atoms with Gasteiger partial charge >= 0.3 is 0 Å². The molecule has 4 rings (SSSR count). The summed E-state index contributed by atoms with van der Waals surface area (Å²) in [7, 11) is 0. The highest BCUT2D eigenvalue weighted by atomic mass is 16.2. The van der Waals surface area contributed by atoms with Gasteiger partial charge in [-0.25, -0.2) is 0 Å². The number of rotatable bonds is 0. The molecule has 4 aliphatic heterocycles. The molecule has 0 saturated carbocycles. The maximum atomic E-state index is 12.1. The highest BCUT2D eigenvalue weighted by Gasteiger charge is 2.47. The zero-order valence-electron chi connectivity index (χ0n) is 11.2. The fourth-order valence-electron chi connectivity index (χ4n) is 5.10. The lowest BCUT2D eigenvalue weighted by Gasteiger charge is -2.56. The Morgan fingerprint density at radius 2 is 1.78 bits per heavy atom. The Labute approximate surface area is 110 Å². The van der Waals surface area contributed by atoms with Gasteiger partial charge in [0.05, 0.1) is 0 Å². The second kappa shape index (κ2) is 4.22. The number of nitrogens with zero attached hydrogens (tertiary/aromatic N) is 2. The topological polar surface area (TPSA) is 23.6 Å². The van der Waals surface area contributed by atoms with Gasteiger partial charge in [-0.15, -0.1) is 0 Å². The predicted molar refractivity (Wildman–Crippen MR) is 70.2 cm³/mol. The summed E-state index contributed by atoms with van der Waals surface area (Å²) in [5, 5.41) is 0. The summed E-state index contributed by atoms with van der Waals surface area (Å²) >= 11 is 0. The van der Waals surface area contributed by atoms with Gasteiger partial charge in [-0.2, -0.15) is 0 Å². The molecule has 0 aliphatic carbocycles. The van der Waals surface area contributed by atoms with Gasteiger partial charge in [0, 0.05) is 31.6 Å². The van der Waals surface area contributed by atoms with E-state index in [0.29, 0.717) is 11.9 Å². The van der Waals surface area contributed by atoms with Crippen molar-refractivity contribution in [3.8, 4) is 0 Å². The standard InChI is InChI=1S/C15H24N2O/c18-15-6-3-5-14-11-8-12(10-17(14)15)13-4-1-2-7-16(13)9-11/h11-14H,1-10H2/t11-,12-,13?,14+/m0/s1. The summed E-state index contributed by atoms with van der Waals surface area (Å²) in [5.41, 5.74) is 0. The molecule has 0 aromatic heterocycles. The molecule has 3 nitrogen and oxygen atoms in total. The molecule has 100 valence electrons. The summed E-state index contributed by atoms with van der Waals surface area (Å²) in [6.45, 7) is 3.66. The van der Waals surface area contributed by atoms with E-state index < -0.39 is 0 Å². The number of fused-ring (bicyclic) bond motifs is 6. The van der Waals surface area contributed by atoms with E-state index in [2.05, 4.69) is 9.80 Å². The average Bonchev–Trinajstić information content (AvgIpc) is 2.40. The van der Waals surface area contributed by atoms with Gasteiger partial charge in [-0.1, -0.05) is 6.42 Å². The van der Waals surface area contributed by atoms with E-state index in [-0.39, 0.29) is 0 Å². The SMILES string of the molecule is O=C1CCC[C@@H]2[C@H]3C[C@@H](CN12)C1CCCCN1C3. The Balaban J connectivity index is 1.59. The number of hydrogen-bond donors (Lipinski definition) is 0. The third kappa shape index (κ3) is 1.63. The molecule has 4 heterocycles. The minimum atomic E-state index is 0.449. The Bertz CT molecular complexity index is 356. The van der Waals surface area contributed by atoms with E-state index in [1.807, 2.05) is 0 Å². The minimum absolute atomic E-state index is 0.449. The molecule has 4 aliphatic rings. The molecule has 1 unspecified atom stereocenters. The lowest BCUT2D eigenvalue weighted by Crippen LogP contribution is -2.64. The smallest absolute Gasteiger partial charge is 0.222 e. The van der Waals surface area contributed by atoms with E-state index in [9.17, 15) is 4.79 Å². The highest BCUT2D eigenvalue weighted by Crippen LogP contribution is 2.42. The third-order valence-electron chi connectivity index (χ3n) is 5.87. The molecule has 4 atom stereocenters. The molecule has 0 radical (unpaired) electrons. The van der Waals surface area contributed by atoms with E-state index >= 15 is 0 Å². The van der Waals surface area contributed by atoms with Crippen LogP contribution in [0.1, 0.15) is 44.9 Å². The second-order valence-electron chi connectivity index (χ2n) is 6.82. The largest absolute Gasteiger partial charge is 0.339 e. The van der Waals surface area contributed by atoms with Crippen molar-refractivity contribution in [2.75, 3.05) is 19.6 Å². The zero-order chi connectivity index (χ0) is 12.1. The van der Waals surface area contributed by atoms with Crippen molar-refractivity contribution >= 4 is 5.91 Å². The average molecular weight is 248 g/mol. The first-order valence-electron chi connectivity index (χ1n) is 7.86. The molecule has 0 N–H and O–H groups in total. The van der Waals surface area contributed by atoms with Crippen LogP contribution < -0.4 is 0 Å². The molecular weight excluding hydrogens is 224 g/mol. The first-order valence-corrected chi connectivity index (χ1v) is 7.86. The van der Waals surface area contributed by atoms with Crippen molar-refractivity contribution < 1.29 is 4.79 Å². The summed E-state index contributed by atoms with van der Waals surface area (Å²) in [6, 6.07) is 1.39. The van der Waals surface area contributed by atoms with Crippen molar-refractivity contribution in [2.45, 2.75) is 57.0 Å². The molecule has 2 bridgehead atoms. The van der Waals surface area contributed by atoms with Crippen molar-refractivity contribution in [2.24, 2.45) is 11.8 Å². The van der Waals surface area contributed by atoms with E-state index in [1.165, 1.54) is 45.2 Å². The fourth-order valence-corrected chi connectivity index (χ4v) is 5.10. The van der Waals surface area contributed by atoms with Crippen molar-refractivity contribution in [1.29, 1.82) is 0 Å². The maximum absolute atomic E-state index is 12.1. The van der Waals surface area contributed by atoms with Crippen LogP contribution in [0.3, 0.4) is 0 Å². The van der Waals surface area contributed by atoms with E-state index in [0.717, 1.165) is 37.3 Å². The summed E-state index contributed by atoms with van der Waals surface area (Å²) < 4.78 is 0. The Morgan fingerprint density at radius 1 is 0.944 bits per heavy atom. The van der Waals surface area contributed by atoms with Crippen LogP contribution in [0.15, 0.2) is 0 Å². The van der Waals surface area contributed by atoms with Crippen LogP contribution in [0.2, 0.25) is 0 Å². The molecule has 18 heavy (non-hydrogen) atoms. The van der Waals surface area contributed by atoms with E-state index in [4.69, 9.17) is 0 Å². The van der Waals surface area contributed by atoms with Gasteiger partial charge in [-0.3, -0.25) is 9.69 Å². The van der Waals surface area contributed by atoms with Crippen molar-refractivity contribution in [3.05, 3.63) is 0 Å². The Kier molecular flexibility index (Phi) is 2.65. The number of piperidine rings is 4. The van der Waals surface area contributed by atoms with Gasteiger partial charge in [0.1, 0.15) is 0 Å². The summed E-state index contributed by atoms with van der Waals surface area (Å²) in [5.74, 6) is 2.01. The quantitative estimate of drug-likeness (QED) is 0.653. The van der Waals surface area contributed by atoms with Crippen LogP contribution in [0, 0.1) is 11.8 Å². The Hall–Kier alpha value is -0.570. The third-order valence-corrected chi connectivity index (χ3v) is 5.87. The molecular formula is C15H24N2O. The molecule has 4 fully saturated rings. The van der Waals surface area contributed by atoms with Crippen LogP contribution in [-0.4, -0.2) is 47.4 Å². The van der Waals surface area contributed by atoms with E-state index in [1.54, 1.807) is 0 Å². The predicted octanol–water partition coefficient (Wildman–Crippen LogP) is 1.87. The van der Waals surface area contributed by atoms with Crippen molar-refractivity contribution in [1.82, 2.24) is 9.80 Å². The molecule has 4 saturated heterocycles. The molecule has 3 heteroatoms. The zero-order valence-corrected chi connectivity index (χ0v) is 11.2. The molecule has 0 aromatic rings. The summed E-state index contributed by atoms with van der Waals surface area (Å²) in [4.78, 5) is 17.2. The lowest BCUT2D eigenvalue weighted by atomic mass is 9.71. The second-order valence-corrected chi connectivity index (χ2v) is 6.82. The van der Waals surface area contributed by atoms with Crippen LogP contribution in [-0.2, 0) is 4.79 Å². The number of carbonyl (C=O) groups is 1. The maximum Gasteiger partial charge on any atom is 0.222 e. The highest BCUT2D eigenvalue weighted by molar-refractivity contribution is 5.77. The van der Waals surface area contributed by atoms with Crippen LogP contribution >= 0.6 is 0 Å². The van der Waals surface area contributed by atoms with Gasteiger partial charge < -0.3 is 4.90 Å². The monoisotopic (exact) mass is 248 g/mol. The Morgan fingerprint density at radius 3 is 2.72 bits per heavy atom. The van der Waals surface area contributed by atoms with Crippen molar-refractivity contribution in [3.63, 3.8) is 0 Å². The first kappa shape index (κ1) is 11.3. The van der Waals surface area contributed by atoms with Crippen LogP contribution in [0.4, 0.5) is 0 Å². The van der Waals surface area contributed by atoms with Gasteiger partial charge in [-0.05, 0) is 50.5 Å². The number of hydrogen-bond acceptors (Lipinski definition) is 2. The van der Waals surface area contributed by atoms with Crippen LogP contribution in [0.5, 0.6) is 0 Å². The molecule has 0 spiro atoms.